The van der Waals surface area contributed by atoms with Gasteiger partial charge in [-0.15, -0.1) is 0 Å². The highest BCUT2D eigenvalue weighted by Gasteiger charge is 2.50. The second-order valence-corrected chi connectivity index (χ2v) is 6.91. The smallest absolute Gasteiger partial charge is 0.262 e. The van der Waals surface area contributed by atoms with Crippen LogP contribution < -0.4 is 4.31 Å². The predicted octanol–water partition coefficient (Wildman–Crippen LogP) is 1.62. The van der Waals surface area contributed by atoms with Crippen molar-refractivity contribution in [3.8, 4) is 0 Å². The molecular weight excluding hydrogens is 316 g/mol. The van der Waals surface area contributed by atoms with Gasteiger partial charge < -0.3 is 0 Å². The van der Waals surface area contributed by atoms with Gasteiger partial charge in [0.25, 0.3) is 0 Å². The van der Waals surface area contributed by atoms with Gasteiger partial charge in [0, 0.05) is 0 Å². The molecule has 118 valence electrons. The number of carbonyl (C=O) groups is 2. The summed E-state index contributed by atoms with van der Waals surface area (Å²) in [6, 6.07) is 15.0. The maximum Gasteiger partial charge on any atom is 0.336 e. The van der Waals surface area contributed by atoms with Crippen LogP contribution >= 0.6 is 0 Å². The number of carbonyl (C=O) groups excluding carboxylic acids is 2. The minimum absolute atomic E-state index is 0.157. The Balaban J connectivity index is 1.99. The Kier molecular flexibility index (Phi) is 3.65. The second kappa shape index (κ2) is 5.51. The van der Waals surface area contributed by atoms with Gasteiger partial charge in [-0.2, -0.15) is 12.7 Å². The maximum absolute atomic E-state index is 12.6. The standard InChI is InChI=1S/C16H14N2O4S/c1-12-7-9-14(10-8-12)18-16(20)15(19)17(23(18,21)22)11-13-5-3-2-4-6-13/h2-10H,11H2,1H3. The van der Waals surface area contributed by atoms with Crippen molar-refractivity contribution in [1.82, 2.24) is 4.31 Å². The molecule has 2 amide bonds. The van der Waals surface area contributed by atoms with E-state index in [4.69, 9.17) is 0 Å². The number of anilines is 1. The molecule has 0 atom stereocenters. The Labute approximate surface area is 134 Å². The lowest BCUT2D eigenvalue weighted by molar-refractivity contribution is -0.139. The van der Waals surface area contributed by atoms with Crippen molar-refractivity contribution in [2.24, 2.45) is 0 Å². The van der Waals surface area contributed by atoms with Crippen LogP contribution in [0.4, 0.5) is 5.69 Å². The minimum atomic E-state index is -4.22. The van der Waals surface area contributed by atoms with Gasteiger partial charge >= 0.3 is 22.0 Å². The summed E-state index contributed by atoms with van der Waals surface area (Å²) < 4.78 is 26.4. The van der Waals surface area contributed by atoms with E-state index in [1.807, 2.05) is 6.92 Å². The van der Waals surface area contributed by atoms with Gasteiger partial charge in [-0.3, -0.25) is 9.59 Å². The van der Waals surface area contributed by atoms with E-state index in [0.717, 1.165) is 5.56 Å². The van der Waals surface area contributed by atoms with Crippen LogP contribution in [-0.2, 0) is 26.3 Å². The summed E-state index contributed by atoms with van der Waals surface area (Å²) in [7, 11) is -4.22. The number of hydrogen-bond donors (Lipinski definition) is 0. The average molecular weight is 330 g/mol. The summed E-state index contributed by atoms with van der Waals surface area (Å²) in [5.74, 6) is -2.11. The van der Waals surface area contributed by atoms with E-state index in [0.29, 0.717) is 14.2 Å². The summed E-state index contributed by atoms with van der Waals surface area (Å²) in [5.41, 5.74) is 1.71. The van der Waals surface area contributed by atoms with E-state index in [-0.39, 0.29) is 12.2 Å². The molecule has 1 heterocycles. The molecule has 0 bridgehead atoms. The van der Waals surface area contributed by atoms with E-state index in [9.17, 15) is 18.0 Å². The number of nitrogens with zero attached hydrogens (tertiary/aromatic N) is 2. The Hall–Kier alpha value is -2.67. The summed E-state index contributed by atoms with van der Waals surface area (Å²) in [6.45, 7) is 1.67. The van der Waals surface area contributed by atoms with Crippen LogP contribution in [0.3, 0.4) is 0 Å². The van der Waals surface area contributed by atoms with Crippen LogP contribution in [0.5, 0.6) is 0 Å². The first-order valence-corrected chi connectivity index (χ1v) is 8.33. The summed E-state index contributed by atoms with van der Waals surface area (Å²) in [4.78, 5) is 24.3. The first kappa shape index (κ1) is 15.2. The molecule has 1 aliphatic heterocycles. The topological polar surface area (TPSA) is 74.8 Å². The minimum Gasteiger partial charge on any atom is -0.262 e. The van der Waals surface area contributed by atoms with E-state index in [1.165, 1.54) is 12.1 Å². The van der Waals surface area contributed by atoms with Crippen molar-refractivity contribution in [2.45, 2.75) is 13.5 Å². The maximum atomic E-state index is 12.6. The van der Waals surface area contributed by atoms with Gasteiger partial charge in [-0.1, -0.05) is 48.0 Å². The largest absolute Gasteiger partial charge is 0.336 e. The first-order valence-electron chi connectivity index (χ1n) is 6.93. The SMILES string of the molecule is Cc1ccc(N2C(=O)C(=O)N(Cc3ccccc3)S2(=O)=O)cc1. The molecule has 2 aromatic rings. The van der Waals surface area contributed by atoms with E-state index in [1.54, 1.807) is 42.5 Å². The Morgan fingerprint density at radius 1 is 0.870 bits per heavy atom. The molecule has 7 heteroatoms. The molecule has 0 saturated carbocycles. The van der Waals surface area contributed by atoms with Gasteiger partial charge in [-0.25, -0.2) is 4.31 Å². The van der Waals surface area contributed by atoms with Gasteiger partial charge in [0.05, 0.1) is 12.2 Å². The van der Waals surface area contributed by atoms with Gasteiger partial charge in [0.1, 0.15) is 0 Å². The third-order valence-corrected chi connectivity index (χ3v) is 5.23. The molecule has 0 aliphatic carbocycles. The lowest BCUT2D eigenvalue weighted by Crippen LogP contribution is -2.34. The highest BCUT2D eigenvalue weighted by molar-refractivity contribution is 7.93. The van der Waals surface area contributed by atoms with Crippen LogP contribution in [0.2, 0.25) is 0 Å². The van der Waals surface area contributed by atoms with E-state index >= 15 is 0 Å². The zero-order valence-electron chi connectivity index (χ0n) is 12.3. The van der Waals surface area contributed by atoms with Crippen LogP contribution in [0, 0.1) is 6.92 Å². The van der Waals surface area contributed by atoms with Gasteiger partial charge in [-0.05, 0) is 24.6 Å². The second-order valence-electron chi connectivity index (χ2n) is 5.21. The summed E-state index contributed by atoms with van der Waals surface area (Å²) >= 11 is 0. The molecule has 0 N–H and O–H groups in total. The van der Waals surface area contributed by atoms with Crippen LogP contribution in [0.1, 0.15) is 11.1 Å². The Bertz CT molecular complexity index is 861. The summed E-state index contributed by atoms with van der Waals surface area (Å²) in [6.07, 6.45) is 0. The van der Waals surface area contributed by atoms with Gasteiger partial charge in [0.2, 0.25) is 0 Å². The summed E-state index contributed by atoms with van der Waals surface area (Å²) in [5, 5.41) is 0. The van der Waals surface area contributed by atoms with Crippen LogP contribution in [-0.4, -0.2) is 24.5 Å². The highest BCUT2D eigenvalue weighted by Crippen LogP contribution is 2.28. The van der Waals surface area contributed by atoms with E-state index in [2.05, 4.69) is 0 Å². The fourth-order valence-electron chi connectivity index (χ4n) is 2.33. The molecule has 0 unspecified atom stereocenters. The molecule has 1 aliphatic rings. The molecular formula is C16H14N2O4S. The normalized spacial score (nSPS) is 16.9. The number of amides is 2. The lowest BCUT2D eigenvalue weighted by Gasteiger charge is -2.18. The fourth-order valence-corrected chi connectivity index (χ4v) is 3.81. The molecule has 1 fully saturated rings. The number of hydrogen-bond acceptors (Lipinski definition) is 4. The van der Waals surface area contributed by atoms with Crippen LogP contribution in [0.25, 0.3) is 0 Å². The Morgan fingerprint density at radius 2 is 1.48 bits per heavy atom. The number of aryl methyl sites for hydroxylation is 1. The quantitative estimate of drug-likeness (QED) is 0.802. The monoisotopic (exact) mass is 330 g/mol. The molecule has 1 saturated heterocycles. The van der Waals surface area contributed by atoms with Gasteiger partial charge in [0.15, 0.2) is 0 Å². The molecule has 0 radical (unpaired) electrons. The lowest BCUT2D eigenvalue weighted by atomic mass is 10.2. The first-order chi connectivity index (χ1) is 10.9. The molecule has 2 aromatic carbocycles. The number of benzene rings is 2. The molecule has 0 spiro atoms. The third-order valence-electron chi connectivity index (χ3n) is 3.54. The molecule has 3 rings (SSSR count). The molecule has 6 nitrogen and oxygen atoms in total. The zero-order chi connectivity index (χ0) is 16.6. The average Bonchev–Trinajstić information content (AvgIpc) is 2.70. The molecule has 0 aromatic heterocycles. The van der Waals surface area contributed by atoms with Crippen molar-refractivity contribution < 1.29 is 18.0 Å². The molecule has 23 heavy (non-hydrogen) atoms. The Morgan fingerprint density at radius 3 is 2.09 bits per heavy atom. The van der Waals surface area contributed by atoms with Crippen molar-refractivity contribution in [1.29, 1.82) is 0 Å². The van der Waals surface area contributed by atoms with Crippen molar-refractivity contribution in [2.75, 3.05) is 4.31 Å². The van der Waals surface area contributed by atoms with E-state index < -0.39 is 22.0 Å². The van der Waals surface area contributed by atoms with Crippen molar-refractivity contribution in [3.63, 3.8) is 0 Å². The number of rotatable bonds is 3. The highest BCUT2D eigenvalue weighted by atomic mass is 32.2. The zero-order valence-corrected chi connectivity index (χ0v) is 13.2. The van der Waals surface area contributed by atoms with Crippen molar-refractivity contribution >= 4 is 27.7 Å². The van der Waals surface area contributed by atoms with Crippen LogP contribution in [0.15, 0.2) is 54.6 Å². The fraction of sp³-hybridized carbons (Fsp3) is 0.125. The van der Waals surface area contributed by atoms with Crippen molar-refractivity contribution in [3.05, 3.63) is 65.7 Å². The third kappa shape index (κ3) is 2.59. The predicted molar refractivity (Wildman–Crippen MR) is 84.6 cm³/mol.